The SMILES string of the molecule is CC1CCC(N(C)CC(O)(CN)c2ccccc2)CC1. The van der Waals surface area contributed by atoms with Crippen molar-refractivity contribution in [3.05, 3.63) is 35.9 Å². The molecule has 112 valence electrons. The summed E-state index contributed by atoms with van der Waals surface area (Å²) in [6.07, 6.45) is 5.04. The minimum Gasteiger partial charge on any atom is -0.382 e. The summed E-state index contributed by atoms with van der Waals surface area (Å²) >= 11 is 0. The van der Waals surface area contributed by atoms with Crippen molar-refractivity contribution in [2.75, 3.05) is 20.1 Å². The first kappa shape index (κ1) is 15.5. The van der Waals surface area contributed by atoms with E-state index >= 15 is 0 Å². The van der Waals surface area contributed by atoms with E-state index in [1.165, 1.54) is 25.7 Å². The van der Waals surface area contributed by atoms with Crippen LogP contribution in [0.1, 0.15) is 38.2 Å². The Balaban J connectivity index is 2.02. The number of hydrogen-bond donors (Lipinski definition) is 2. The average Bonchev–Trinajstić information content (AvgIpc) is 2.48. The van der Waals surface area contributed by atoms with E-state index in [9.17, 15) is 5.11 Å². The molecule has 1 fully saturated rings. The van der Waals surface area contributed by atoms with Crippen molar-refractivity contribution < 1.29 is 5.11 Å². The highest BCUT2D eigenvalue weighted by Gasteiger charge is 2.32. The van der Waals surface area contributed by atoms with Gasteiger partial charge in [0.15, 0.2) is 0 Å². The molecular formula is C17H28N2O. The van der Waals surface area contributed by atoms with Gasteiger partial charge in [0.25, 0.3) is 0 Å². The van der Waals surface area contributed by atoms with Crippen molar-refractivity contribution in [2.45, 2.75) is 44.2 Å². The number of likely N-dealkylation sites (N-methyl/N-ethyl adjacent to an activating group) is 1. The number of aliphatic hydroxyl groups is 1. The van der Waals surface area contributed by atoms with Crippen molar-refractivity contribution in [2.24, 2.45) is 11.7 Å². The first-order valence-electron chi connectivity index (χ1n) is 7.73. The highest BCUT2D eigenvalue weighted by atomic mass is 16.3. The fourth-order valence-electron chi connectivity index (χ4n) is 3.25. The number of nitrogens with two attached hydrogens (primary N) is 1. The molecule has 0 radical (unpaired) electrons. The number of nitrogens with zero attached hydrogens (tertiary/aromatic N) is 1. The summed E-state index contributed by atoms with van der Waals surface area (Å²) in [5.74, 6) is 0.849. The lowest BCUT2D eigenvalue weighted by molar-refractivity contribution is -0.00353. The third-order valence-electron chi connectivity index (χ3n) is 4.77. The van der Waals surface area contributed by atoms with Crippen LogP contribution in [0.15, 0.2) is 30.3 Å². The minimum absolute atomic E-state index is 0.254. The molecule has 0 bridgehead atoms. The van der Waals surface area contributed by atoms with Gasteiger partial charge < -0.3 is 15.7 Å². The number of hydrogen-bond acceptors (Lipinski definition) is 3. The summed E-state index contributed by atoms with van der Waals surface area (Å²) in [6.45, 7) is 3.19. The van der Waals surface area contributed by atoms with Gasteiger partial charge in [0.2, 0.25) is 0 Å². The Bertz CT molecular complexity index is 401. The van der Waals surface area contributed by atoms with Crippen molar-refractivity contribution in [1.29, 1.82) is 0 Å². The summed E-state index contributed by atoms with van der Waals surface area (Å²) in [7, 11) is 2.12. The van der Waals surface area contributed by atoms with Crippen LogP contribution in [-0.2, 0) is 5.60 Å². The second-order valence-electron chi connectivity index (χ2n) is 6.43. The summed E-state index contributed by atoms with van der Waals surface area (Å²) in [6, 6.07) is 10.4. The summed E-state index contributed by atoms with van der Waals surface area (Å²) in [5.41, 5.74) is 5.83. The van der Waals surface area contributed by atoms with Gasteiger partial charge in [-0.25, -0.2) is 0 Å². The van der Waals surface area contributed by atoms with Gasteiger partial charge in [-0.2, -0.15) is 0 Å². The van der Waals surface area contributed by atoms with Gasteiger partial charge >= 0.3 is 0 Å². The molecule has 1 aliphatic rings. The Morgan fingerprint density at radius 1 is 1.20 bits per heavy atom. The van der Waals surface area contributed by atoms with E-state index < -0.39 is 5.60 Å². The van der Waals surface area contributed by atoms with Crippen LogP contribution < -0.4 is 5.73 Å². The van der Waals surface area contributed by atoms with Crippen LogP contribution in [-0.4, -0.2) is 36.2 Å². The molecule has 0 aromatic heterocycles. The van der Waals surface area contributed by atoms with E-state index in [1.54, 1.807) is 0 Å². The fourth-order valence-corrected chi connectivity index (χ4v) is 3.25. The predicted octanol–water partition coefficient (Wildman–Crippen LogP) is 2.34. The zero-order valence-electron chi connectivity index (χ0n) is 12.8. The molecule has 0 saturated heterocycles. The smallest absolute Gasteiger partial charge is 0.114 e. The van der Waals surface area contributed by atoms with E-state index in [0.29, 0.717) is 12.6 Å². The van der Waals surface area contributed by atoms with Crippen LogP contribution in [0.4, 0.5) is 0 Å². The molecule has 1 aliphatic carbocycles. The van der Waals surface area contributed by atoms with Gasteiger partial charge in [0.05, 0.1) is 0 Å². The van der Waals surface area contributed by atoms with Crippen LogP contribution in [0.25, 0.3) is 0 Å². The van der Waals surface area contributed by atoms with E-state index in [4.69, 9.17) is 5.73 Å². The molecule has 2 rings (SSSR count). The molecule has 1 atom stereocenters. The lowest BCUT2D eigenvalue weighted by Gasteiger charge is -2.38. The van der Waals surface area contributed by atoms with E-state index in [-0.39, 0.29) is 6.54 Å². The average molecular weight is 276 g/mol. The second-order valence-corrected chi connectivity index (χ2v) is 6.43. The van der Waals surface area contributed by atoms with Crippen molar-refractivity contribution in [1.82, 2.24) is 4.90 Å². The second kappa shape index (κ2) is 6.70. The largest absolute Gasteiger partial charge is 0.382 e. The molecule has 1 aromatic rings. The minimum atomic E-state index is -0.945. The van der Waals surface area contributed by atoms with Gasteiger partial charge in [-0.1, -0.05) is 37.3 Å². The van der Waals surface area contributed by atoms with Gasteiger partial charge in [0, 0.05) is 19.1 Å². The summed E-state index contributed by atoms with van der Waals surface area (Å²) in [4.78, 5) is 2.30. The van der Waals surface area contributed by atoms with Crippen LogP contribution in [0, 0.1) is 5.92 Å². The topological polar surface area (TPSA) is 49.5 Å². The zero-order valence-corrected chi connectivity index (χ0v) is 12.8. The predicted molar refractivity (Wildman–Crippen MR) is 83.4 cm³/mol. The maximum Gasteiger partial charge on any atom is 0.114 e. The molecule has 0 aliphatic heterocycles. The van der Waals surface area contributed by atoms with E-state index in [0.717, 1.165) is 11.5 Å². The van der Waals surface area contributed by atoms with Gasteiger partial charge in [-0.15, -0.1) is 0 Å². The first-order valence-corrected chi connectivity index (χ1v) is 7.73. The van der Waals surface area contributed by atoms with Crippen LogP contribution >= 0.6 is 0 Å². The Morgan fingerprint density at radius 3 is 2.35 bits per heavy atom. The Labute approximate surface area is 122 Å². The van der Waals surface area contributed by atoms with Crippen molar-refractivity contribution in [3.8, 4) is 0 Å². The Kier molecular flexibility index (Phi) is 5.19. The monoisotopic (exact) mass is 276 g/mol. The molecule has 1 unspecified atom stereocenters. The Hall–Kier alpha value is -0.900. The highest BCUT2D eigenvalue weighted by molar-refractivity contribution is 5.23. The molecule has 0 amide bonds. The molecule has 3 N–H and O–H groups in total. The van der Waals surface area contributed by atoms with Crippen LogP contribution in [0.2, 0.25) is 0 Å². The molecule has 0 spiro atoms. The number of rotatable bonds is 5. The molecule has 1 saturated carbocycles. The number of benzene rings is 1. The maximum atomic E-state index is 10.9. The molecule has 0 heterocycles. The third-order valence-corrected chi connectivity index (χ3v) is 4.77. The Morgan fingerprint density at radius 2 is 1.80 bits per heavy atom. The summed E-state index contributed by atoms with van der Waals surface area (Å²) in [5, 5.41) is 10.9. The van der Waals surface area contributed by atoms with Crippen LogP contribution in [0.3, 0.4) is 0 Å². The lowest BCUT2D eigenvalue weighted by atomic mass is 9.85. The van der Waals surface area contributed by atoms with Gasteiger partial charge in [-0.3, -0.25) is 0 Å². The van der Waals surface area contributed by atoms with Gasteiger partial charge in [-0.05, 0) is 44.2 Å². The van der Waals surface area contributed by atoms with Gasteiger partial charge in [0.1, 0.15) is 5.60 Å². The maximum absolute atomic E-state index is 10.9. The van der Waals surface area contributed by atoms with Crippen LogP contribution in [0.5, 0.6) is 0 Å². The summed E-state index contributed by atoms with van der Waals surface area (Å²) < 4.78 is 0. The fraction of sp³-hybridized carbons (Fsp3) is 0.647. The molecule has 20 heavy (non-hydrogen) atoms. The quantitative estimate of drug-likeness (QED) is 0.868. The van der Waals surface area contributed by atoms with Crippen molar-refractivity contribution >= 4 is 0 Å². The van der Waals surface area contributed by atoms with E-state index in [2.05, 4.69) is 18.9 Å². The molecular weight excluding hydrogens is 248 g/mol. The molecule has 3 heteroatoms. The zero-order chi connectivity index (χ0) is 14.6. The third kappa shape index (κ3) is 3.60. The molecule has 1 aromatic carbocycles. The first-order chi connectivity index (χ1) is 9.55. The lowest BCUT2D eigenvalue weighted by Crippen LogP contribution is -2.48. The normalized spacial score (nSPS) is 26.4. The standard InChI is InChI=1S/C17H28N2O/c1-14-8-10-16(11-9-14)19(2)13-17(20,12-18)15-6-4-3-5-7-15/h3-7,14,16,20H,8-13,18H2,1-2H3. The van der Waals surface area contributed by atoms with E-state index in [1.807, 2.05) is 30.3 Å². The highest BCUT2D eigenvalue weighted by Crippen LogP contribution is 2.29. The molecule has 3 nitrogen and oxygen atoms in total. The van der Waals surface area contributed by atoms with Crippen molar-refractivity contribution in [3.63, 3.8) is 0 Å².